The minimum atomic E-state index is -0.544. The molecule has 0 aliphatic carbocycles. The van der Waals surface area contributed by atoms with Crippen molar-refractivity contribution in [2.24, 2.45) is 0 Å². The maximum Gasteiger partial charge on any atom is 0.305 e. The fourth-order valence-corrected chi connectivity index (χ4v) is 2.04. The summed E-state index contributed by atoms with van der Waals surface area (Å²) in [6.45, 7) is 0.555. The molecule has 8 heteroatoms. The van der Waals surface area contributed by atoms with Crippen molar-refractivity contribution in [3.05, 3.63) is 56.3 Å². The van der Waals surface area contributed by atoms with Crippen LogP contribution in [0.3, 0.4) is 0 Å². The van der Waals surface area contributed by atoms with Crippen molar-refractivity contribution >= 4 is 34.8 Å². The Labute approximate surface area is 124 Å². The molecule has 0 spiro atoms. The lowest BCUT2D eigenvalue weighted by Gasteiger charge is -2.06. The standard InChI is InChI=1S/C12H10Cl2N4O2/c13-9-2-1-8(11(14)5-9)3-4-15-12-16-6-10(7-17-12)18(19)20/h1-2,5-7H,3-4H2,(H,15,16,17). The highest BCUT2D eigenvalue weighted by Gasteiger charge is 2.06. The highest BCUT2D eigenvalue weighted by Crippen LogP contribution is 2.21. The van der Waals surface area contributed by atoms with Crippen LogP contribution in [0.4, 0.5) is 11.6 Å². The van der Waals surface area contributed by atoms with Crippen LogP contribution in [0.15, 0.2) is 30.6 Å². The fourth-order valence-electron chi connectivity index (χ4n) is 1.54. The van der Waals surface area contributed by atoms with Crippen LogP contribution in [0.5, 0.6) is 0 Å². The van der Waals surface area contributed by atoms with Gasteiger partial charge in [-0.3, -0.25) is 10.1 Å². The highest BCUT2D eigenvalue weighted by atomic mass is 35.5. The summed E-state index contributed by atoms with van der Waals surface area (Å²) in [5, 5.41) is 14.6. The first kappa shape index (κ1) is 14.5. The third-order valence-electron chi connectivity index (χ3n) is 2.54. The topological polar surface area (TPSA) is 81.0 Å². The zero-order valence-corrected chi connectivity index (χ0v) is 11.7. The Morgan fingerprint density at radius 3 is 2.55 bits per heavy atom. The summed E-state index contributed by atoms with van der Waals surface area (Å²) in [7, 11) is 0. The first-order chi connectivity index (χ1) is 9.56. The average molecular weight is 313 g/mol. The van der Waals surface area contributed by atoms with Crippen LogP contribution in [-0.2, 0) is 6.42 Å². The molecule has 1 N–H and O–H groups in total. The number of halogens is 2. The molecular weight excluding hydrogens is 303 g/mol. The molecule has 0 saturated carbocycles. The van der Waals surface area contributed by atoms with Gasteiger partial charge >= 0.3 is 5.69 Å². The monoisotopic (exact) mass is 312 g/mol. The molecule has 0 saturated heterocycles. The van der Waals surface area contributed by atoms with E-state index in [1.165, 1.54) is 0 Å². The summed E-state index contributed by atoms with van der Waals surface area (Å²) in [6.07, 6.45) is 2.98. The molecule has 0 fully saturated rings. The Morgan fingerprint density at radius 1 is 1.25 bits per heavy atom. The Balaban J connectivity index is 1.91. The van der Waals surface area contributed by atoms with Gasteiger partial charge in [-0.1, -0.05) is 29.3 Å². The van der Waals surface area contributed by atoms with Crippen molar-refractivity contribution < 1.29 is 4.92 Å². The van der Waals surface area contributed by atoms with Crippen LogP contribution in [0.25, 0.3) is 0 Å². The van der Waals surface area contributed by atoms with Gasteiger partial charge in [-0.15, -0.1) is 0 Å². The molecular formula is C12H10Cl2N4O2. The molecule has 0 unspecified atom stereocenters. The largest absolute Gasteiger partial charge is 0.354 e. The first-order valence-corrected chi connectivity index (χ1v) is 6.46. The van der Waals surface area contributed by atoms with Crippen molar-refractivity contribution in [1.29, 1.82) is 0 Å². The van der Waals surface area contributed by atoms with Gasteiger partial charge in [0, 0.05) is 16.6 Å². The van der Waals surface area contributed by atoms with Crippen molar-refractivity contribution in [1.82, 2.24) is 9.97 Å². The molecule has 2 aromatic rings. The van der Waals surface area contributed by atoms with E-state index in [9.17, 15) is 10.1 Å². The van der Waals surface area contributed by atoms with Crippen LogP contribution < -0.4 is 5.32 Å². The highest BCUT2D eigenvalue weighted by molar-refractivity contribution is 6.35. The van der Waals surface area contributed by atoms with Crippen LogP contribution in [0.1, 0.15) is 5.56 Å². The molecule has 20 heavy (non-hydrogen) atoms. The molecule has 2 rings (SSSR count). The molecule has 0 aliphatic heterocycles. The summed E-state index contributed by atoms with van der Waals surface area (Å²) in [5.41, 5.74) is 0.807. The zero-order chi connectivity index (χ0) is 14.5. The summed E-state index contributed by atoms with van der Waals surface area (Å²) >= 11 is 11.9. The van der Waals surface area contributed by atoms with Gasteiger partial charge in [-0.05, 0) is 24.1 Å². The number of benzene rings is 1. The number of nitro groups is 1. The van der Waals surface area contributed by atoms with Crippen molar-refractivity contribution in [2.45, 2.75) is 6.42 Å². The van der Waals surface area contributed by atoms with Crippen LogP contribution in [0.2, 0.25) is 10.0 Å². The summed E-state index contributed by atoms with van der Waals surface area (Å²) in [5.74, 6) is 0.334. The average Bonchev–Trinajstić information content (AvgIpc) is 2.42. The number of hydrogen-bond donors (Lipinski definition) is 1. The van der Waals surface area contributed by atoms with Gasteiger partial charge in [0.25, 0.3) is 0 Å². The normalized spacial score (nSPS) is 10.3. The number of aromatic nitrogens is 2. The number of anilines is 1. The van der Waals surface area contributed by atoms with E-state index in [2.05, 4.69) is 15.3 Å². The minimum Gasteiger partial charge on any atom is -0.354 e. The summed E-state index contributed by atoms with van der Waals surface area (Å²) < 4.78 is 0. The molecule has 0 atom stereocenters. The number of rotatable bonds is 5. The van der Waals surface area contributed by atoms with E-state index in [4.69, 9.17) is 23.2 Å². The predicted molar refractivity (Wildman–Crippen MR) is 77.3 cm³/mol. The predicted octanol–water partition coefficient (Wildman–Crippen LogP) is 3.35. The van der Waals surface area contributed by atoms with Gasteiger partial charge in [0.2, 0.25) is 5.95 Å². The number of hydrogen-bond acceptors (Lipinski definition) is 5. The second-order valence-electron chi connectivity index (χ2n) is 3.93. The second-order valence-corrected chi connectivity index (χ2v) is 4.78. The molecule has 0 aliphatic rings. The quantitative estimate of drug-likeness (QED) is 0.676. The third-order valence-corrected chi connectivity index (χ3v) is 3.13. The lowest BCUT2D eigenvalue weighted by atomic mass is 10.1. The van der Waals surface area contributed by atoms with Gasteiger partial charge in [0.1, 0.15) is 12.4 Å². The van der Waals surface area contributed by atoms with E-state index in [0.29, 0.717) is 29.0 Å². The summed E-state index contributed by atoms with van der Waals surface area (Å²) in [4.78, 5) is 17.6. The van der Waals surface area contributed by atoms with Crippen molar-refractivity contribution in [2.75, 3.05) is 11.9 Å². The van der Waals surface area contributed by atoms with Gasteiger partial charge in [-0.2, -0.15) is 0 Å². The lowest BCUT2D eigenvalue weighted by Crippen LogP contribution is -2.08. The smallest absolute Gasteiger partial charge is 0.305 e. The van der Waals surface area contributed by atoms with Gasteiger partial charge < -0.3 is 5.32 Å². The van der Waals surface area contributed by atoms with Gasteiger partial charge in [0.15, 0.2) is 0 Å². The Hall–Kier alpha value is -1.92. The van der Waals surface area contributed by atoms with E-state index in [0.717, 1.165) is 18.0 Å². The summed E-state index contributed by atoms with van der Waals surface area (Å²) in [6, 6.07) is 5.30. The Kier molecular flexibility index (Phi) is 4.70. The van der Waals surface area contributed by atoms with Crippen LogP contribution in [-0.4, -0.2) is 21.4 Å². The number of nitrogens with zero attached hydrogens (tertiary/aromatic N) is 3. The molecule has 1 aromatic carbocycles. The van der Waals surface area contributed by atoms with Gasteiger partial charge in [-0.25, -0.2) is 9.97 Å². The molecule has 6 nitrogen and oxygen atoms in total. The molecule has 0 amide bonds. The fraction of sp³-hybridized carbons (Fsp3) is 0.167. The molecule has 1 aromatic heterocycles. The van der Waals surface area contributed by atoms with E-state index < -0.39 is 4.92 Å². The van der Waals surface area contributed by atoms with Crippen molar-refractivity contribution in [3.63, 3.8) is 0 Å². The Morgan fingerprint density at radius 2 is 1.95 bits per heavy atom. The third kappa shape index (κ3) is 3.79. The number of nitrogens with one attached hydrogen (secondary N) is 1. The van der Waals surface area contributed by atoms with E-state index >= 15 is 0 Å². The molecule has 0 bridgehead atoms. The first-order valence-electron chi connectivity index (χ1n) is 5.70. The SMILES string of the molecule is O=[N+]([O-])c1cnc(NCCc2ccc(Cl)cc2Cl)nc1. The minimum absolute atomic E-state index is 0.142. The zero-order valence-electron chi connectivity index (χ0n) is 10.2. The molecule has 0 radical (unpaired) electrons. The van der Waals surface area contributed by atoms with Crippen molar-refractivity contribution in [3.8, 4) is 0 Å². The maximum atomic E-state index is 10.5. The Bertz CT molecular complexity index is 619. The molecule has 1 heterocycles. The van der Waals surface area contributed by atoms with Gasteiger partial charge in [0.05, 0.1) is 4.92 Å². The van der Waals surface area contributed by atoms with E-state index in [1.54, 1.807) is 12.1 Å². The molecule has 104 valence electrons. The van der Waals surface area contributed by atoms with E-state index in [-0.39, 0.29) is 5.69 Å². The van der Waals surface area contributed by atoms with E-state index in [1.807, 2.05) is 6.07 Å². The lowest BCUT2D eigenvalue weighted by molar-refractivity contribution is -0.385. The maximum absolute atomic E-state index is 10.5. The van der Waals surface area contributed by atoms with Crippen LogP contribution in [0, 0.1) is 10.1 Å². The second kappa shape index (κ2) is 6.49. The van der Waals surface area contributed by atoms with Crippen LogP contribution >= 0.6 is 23.2 Å².